The minimum atomic E-state index is -0.297. The Morgan fingerprint density at radius 2 is 2.11 bits per heavy atom. The molecule has 0 radical (unpaired) electrons. The fourth-order valence-corrected chi connectivity index (χ4v) is 2.07. The predicted octanol–water partition coefficient (Wildman–Crippen LogP) is -1.49. The van der Waals surface area contributed by atoms with Gasteiger partial charge in [-0.2, -0.15) is 0 Å². The minimum Gasteiger partial charge on any atom is -0.379 e. The zero-order valence-electron chi connectivity index (χ0n) is 10.4. The van der Waals surface area contributed by atoms with Crippen molar-refractivity contribution in [2.75, 3.05) is 45.9 Å². The number of ether oxygens (including phenoxy) is 1. The maximum absolute atomic E-state index is 11.8. The highest BCUT2D eigenvalue weighted by molar-refractivity contribution is 5.84. The average Bonchev–Trinajstić information content (AvgIpc) is 2.90. The van der Waals surface area contributed by atoms with E-state index in [1.54, 1.807) is 4.90 Å². The van der Waals surface area contributed by atoms with Crippen molar-refractivity contribution in [3.8, 4) is 0 Å². The molecular weight excluding hydrogens is 236 g/mol. The molecular formula is C11H20N4O3. The van der Waals surface area contributed by atoms with Gasteiger partial charge >= 0.3 is 6.03 Å². The summed E-state index contributed by atoms with van der Waals surface area (Å²) in [7, 11) is 0. The fraction of sp³-hybridized carbons (Fsp3) is 0.818. The van der Waals surface area contributed by atoms with Crippen LogP contribution in [0, 0.1) is 0 Å². The first-order valence-electron chi connectivity index (χ1n) is 6.36. The first-order valence-corrected chi connectivity index (χ1v) is 6.36. The van der Waals surface area contributed by atoms with Gasteiger partial charge in [0.05, 0.1) is 19.2 Å². The lowest BCUT2D eigenvalue weighted by molar-refractivity contribution is -0.130. The zero-order chi connectivity index (χ0) is 12.8. The first kappa shape index (κ1) is 13.1. The maximum atomic E-state index is 11.8. The number of rotatable bonds is 3. The van der Waals surface area contributed by atoms with Gasteiger partial charge in [-0.1, -0.05) is 0 Å². The number of urea groups is 1. The van der Waals surface area contributed by atoms with E-state index in [0.717, 1.165) is 19.5 Å². The van der Waals surface area contributed by atoms with Crippen LogP contribution in [0.5, 0.6) is 0 Å². The van der Waals surface area contributed by atoms with E-state index >= 15 is 0 Å². The number of hydrogen-bond acceptors (Lipinski definition) is 4. The Balaban J connectivity index is 1.63. The maximum Gasteiger partial charge on any atom is 0.315 e. The van der Waals surface area contributed by atoms with E-state index < -0.39 is 0 Å². The van der Waals surface area contributed by atoms with Gasteiger partial charge in [0, 0.05) is 32.8 Å². The van der Waals surface area contributed by atoms with Gasteiger partial charge in [0.15, 0.2) is 0 Å². The van der Waals surface area contributed by atoms with Crippen molar-refractivity contribution < 1.29 is 14.3 Å². The van der Waals surface area contributed by atoms with Gasteiger partial charge < -0.3 is 25.6 Å². The van der Waals surface area contributed by atoms with Crippen molar-refractivity contribution in [2.45, 2.75) is 12.5 Å². The third kappa shape index (κ3) is 3.85. The summed E-state index contributed by atoms with van der Waals surface area (Å²) in [6, 6.07) is -0.228. The SMILES string of the molecule is O=C(NCC(=O)N1CCNCC1)NC1CCOC1. The lowest BCUT2D eigenvalue weighted by atomic mass is 10.3. The molecule has 7 nitrogen and oxygen atoms in total. The summed E-state index contributed by atoms with van der Waals surface area (Å²) in [6.07, 6.45) is 0.833. The van der Waals surface area contributed by atoms with Crippen LogP contribution in [-0.4, -0.2) is 68.8 Å². The van der Waals surface area contributed by atoms with Crippen molar-refractivity contribution in [1.82, 2.24) is 20.9 Å². The molecule has 0 spiro atoms. The molecule has 3 N–H and O–H groups in total. The zero-order valence-corrected chi connectivity index (χ0v) is 10.4. The Kier molecular flexibility index (Phi) is 4.77. The summed E-state index contributed by atoms with van der Waals surface area (Å²) in [4.78, 5) is 25.1. The fourth-order valence-electron chi connectivity index (χ4n) is 2.07. The third-order valence-corrected chi connectivity index (χ3v) is 3.13. The van der Waals surface area contributed by atoms with Gasteiger partial charge in [0.1, 0.15) is 0 Å². The molecule has 0 aliphatic carbocycles. The minimum absolute atomic E-state index is 0.0330. The van der Waals surface area contributed by atoms with Crippen LogP contribution in [0.25, 0.3) is 0 Å². The van der Waals surface area contributed by atoms with E-state index in [-0.39, 0.29) is 24.5 Å². The number of carbonyl (C=O) groups is 2. The summed E-state index contributed by atoms with van der Waals surface area (Å²) < 4.78 is 5.15. The Morgan fingerprint density at radius 3 is 2.78 bits per heavy atom. The molecule has 2 rings (SSSR count). The molecule has 102 valence electrons. The Hall–Kier alpha value is -1.34. The highest BCUT2D eigenvalue weighted by Gasteiger charge is 2.19. The summed E-state index contributed by atoms with van der Waals surface area (Å²) in [6.45, 7) is 4.34. The second kappa shape index (κ2) is 6.55. The predicted molar refractivity (Wildman–Crippen MR) is 65.2 cm³/mol. The summed E-state index contributed by atoms with van der Waals surface area (Å²) in [5.41, 5.74) is 0. The van der Waals surface area contributed by atoms with Crippen LogP contribution < -0.4 is 16.0 Å². The molecule has 18 heavy (non-hydrogen) atoms. The number of hydrogen-bond donors (Lipinski definition) is 3. The largest absolute Gasteiger partial charge is 0.379 e. The summed E-state index contributed by atoms with van der Waals surface area (Å²) in [5.74, 6) is -0.0330. The van der Waals surface area contributed by atoms with Crippen LogP contribution in [-0.2, 0) is 9.53 Å². The molecule has 2 fully saturated rings. The third-order valence-electron chi connectivity index (χ3n) is 3.13. The van der Waals surface area contributed by atoms with Crippen molar-refractivity contribution in [1.29, 1.82) is 0 Å². The molecule has 2 aliphatic rings. The lowest BCUT2D eigenvalue weighted by Crippen LogP contribution is -2.51. The normalized spacial score (nSPS) is 23.8. The number of nitrogens with zero attached hydrogens (tertiary/aromatic N) is 1. The highest BCUT2D eigenvalue weighted by atomic mass is 16.5. The van der Waals surface area contributed by atoms with E-state index in [4.69, 9.17) is 4.74 Å². The van der Waals surface area contributed by atoms with E-state index in [1.165, 1.54) is 0 Å². The smallest absolute Gasteiger partial charge is 0.315 e. The highest BCUT2D eigenvalue weighted by Crippen LogP contribution is 2.02. The number of carbonyl (C=O) groups excluding carboxylic acids is 2. The van der Waals surface area contributed by atoms with Gasteiger partial charge in [-0.05, 0) is 6.42 Å². The molecule has 0 bridgehead atoms. The summed E-state index contributed by atoms with van der Waals surface area (Å²) >= 11 is 0. The van der Waals surface area contributed by atoms with E-state index in [9.17, 15) is 9.59 Å². The van der Waals surface area contributed by atoms with Gasteiger partial charge in [0.2, 0.25) is 5.91 Å². The Labute approximate surface area is 106 Å². The van der Waals surface area contributed by atoms with Crippen molar-refractivity contribution >= 4 is 11.9 Å². The molecule has 2 heterocycles. The van der Waals surface area contributed by atoms with Crippen LogP contribution in [0.3, 0.4) is 0 Å². The second-order valence-electron chi connectivity index (χ2n) is 4.52. The summed E-state index contributed by atoms with van der Waals surface area (Å²) in [5, 5.41) is 8.54. The molecule has 0 aromatic carbocycles. The molecule has 2 aliphatic heterocycles. The molecule has 1 atom stereocenters. The van der Waals surface area contributed by atoms with Gasteiger partial charge in [-0.15, -0.1) is 0 Å². The van der Waals surface area contributed by atoms with Crippen LogP contribution in [0.4, 0.5) is 4.79 Å². The molecule has 3 amide bonds. The number of piperazine rings is 1. The Morgan fingerprint density at radius 1 is 1.33 bits per heavy atom. The lowest BCUT2D eigenvalue weighted by Gasteiger charge is -2.27. The van der Waals surface area contributed by atoms with E-state index in [2.05, 4.69) is 16.0 Å². The van der Waals surface area contributed by atoms with Gasteiger partial charge in [-0.3, -0.25) is 4.79 Å². The standard InChI is InChI=1S/C11H20N4O3/c16-10(15-4-2-12-3-5-15)7-13-11(17)14-9-1-6-18-8-9/h9,12H,1-8H2,(H2,13,14,17). The molecule has 0 aromatic rings. The topological polar surface area (TPSA) is 82.7 Å². The van der Waals surface area contributed by atoms with E-state index in [1.807, 2.05) is 0 Å². The van der Waals surface area contributed by atoms with Crippen LogP contribution in [0.1, 0.15) is 6.42 Å². The van der Waals surface area contributed by atoms with Crippen LogP contribution in [0.2, 0.25) is 0 Å². The molecule has 7 heteroatoms. The van der Waals surface area contributed by atoms with Crippen molar-refractivity contribution in [3.63, 3.8) is 0 Å². The monoisotopic (exact) mass is 256 g/mol. The number of amides is 3. The van der Waals surface area contributed by atoms with E-state index in [0.29, 0.717) is 26.3 Å². The van der Waals surface area contributed by atoms with Crippen molar-refractivity contribution in [2.24, 2.45) is 0 Å². The van der Waals surface area contributed by atoms with Gasteiger partial charge in [0.25, 0.3) is 0 Å². The molecule has 1 unspecified atom stereocenters. The second-order valence-corrected chi connectivity index (χ2v) is 4.52. The quantitative estimate of drug-likeness (QED) is 0.574. The molecule has 0 saturated carbocycles. The van der Waals surface area contributed by atoms with Crippen LogP contribution in [0.15, 0.2) is 0 Å². The number of nitrogens with one attached hydrogen (secondary N) is 3. The van der Waals surface area contributed by atoms with Crippen molar-refractivity contribution in [3.05, 3.63) is 0 Å². The Bertz CT molecular complexity index is 299. The molecule has 0 aromatic heterocycles. The van der Waals surface area contributed by atoms with Gasteiger partial charge in [-0.25, -0.2) is 4.79 Å². The average molecular weight is 256 g/mol. The first-order chi connectivity index (χ1) is 8.75. The molecule has 2 saturated heterocycles. The van der Waals surface area contributed by atoms with Crippen LogP contribution >= 0.6 is 0 Å².